The van der Waals surface area contributed by atoms with E-state index in [0.29, 0.717) is 0 Å². The summed E-state index contributed by atoms with van der Waals surface area (Å²) in [6.45, 7) is 0. The second-order valence-corrected chi connectivity index (χ2v) is 6.02. The highest BCUT2D eigenvalue weighted by atomic mass is 32.2. The van der Waals surface area contributed by atoms with Crippen molar-refractivity contribution in [1.29, 1.82) is 5.26 Å². The summed E-state index contributed by atoms with van der Waals surface area (Å²) in [6, 6.07) is 3.45. The number of benzene rings is 1. The van der Waals surface area contributed by atoms with Crippen LogP contribution < -0.4 is 5.43 Å². The van der Waals surface area contributed by atoms with Crippen LogP contribution in [0.5, 0.6) is 0 Å². The summed E-state index contributed by atoms with van der Waals surface area (Å²) in [6.07, 6.45) is 1.95. The highest BCUT2D eigenvalue weighted by Gasteiger charge is 2.21. The molecule has 1 aromatic heterocycles. The van der Waals surface area contributed by atoms with Crippen LogP contribution in [0.4, 0.5) is 5.69 Å². The predicted octanol–water partition coefficient (Wildman–Crippen LogP) is 0.711. The van der Waals surface area contributed by atoms with Gasteiger partial charge >= 0.3 is 0 Å². The first-order chi connectivity index (χ1) is 9.25. The number of aromatic amines is 1. The Labute approximate surface area is 112 Å². The molecule has 0 radical (unpaired) electrons. The Hall–Kier alpha value is -2.73. The van der Waals surface area contributed by atoms with Gasteiger partial charge in [-0.25, -0.2) is 8.42 Å². The van der Waals surface area contributed by atoms with E-state index in [4.69, 9.17) is 5.26 Å². The molecule has 0 saturated heterocycles. The van der Waals surface area contributed by atoms with Gasteiger partial charge in [-0.3, -0.25) is 14.9 Å². The molecule has 0 aliphatic carbocycles. The van der Waals surface area contributed by atoms with Crippen molar-refractivity contribution in [2.75, 3.05) is 6.26 Å². The van der Waals surface area contributed by atoms with Crippen LogP contribution in [0.2, 0.25) is 0 Å². The quantitative estimate of drug-likeness (QED) is 0.640. The lowest BCUT2D eigenvalue weighted by atomic mass is 10.1. The molecule has 0 unspecified atom stereocenters. The lowest BCUT2D eigenvalue weighted by molar-refractivity contribution is -0.384. The van der Waals surface area contributed by atoms with Gasteiger partial charge in [-0.2, -0.15) is 5.26 Å². The van der Waals surface area contributed by atoms with Crippen molar-refractivity contribution in [3.63, 3.8) is 0 Å². The molecule has 2 aromatic rings. The number of nitro groups is 1. The fraction of sp³-hybridized carbons (Fsp3) is 0.0909. The molecule has 1 aromatic carbocycles. The highest BCUT2D eigenvalue weighted by Crippen LogP contribution is 2.25. The van der Waals surface area contributed by atoms with Crippen molar-refractivity contribution in [2.45, 2.75) is 4.90 Å². The van der Waals surface area contributed by atoms with Crippen LogP contribution in [0.15, 0.2) is 28.0 Å². The molecule has 0 aliphatic heterocycles. The zero-order valence-corrected chi connectivity index (χ0v) is 10.9. The van der Waals surface area contributed by atoms with Gasteiger partial charge in [0.05, 0.1) is 20.7 Å². The van der Waals surface area contributed by atoms with E-state index in [1.165, 1.54) is 0 Å². The summed E-state index contributed by atoms with van der Waals surface area (Å²) < 4.78 is 23.4. The number of non-ortho nitro benzene ring substituents is 1. The molecule has 1 heterocycles. The molecule has 0 amide bonds. The normalized spacial score (nSPS) is 11.2. The third-order valence-electron chi connectivity index (χ3n) is 2.67. The van der Waals surface area contributed by atoms with E-state index in [9.17, 15) is 23.3 Å². The third-order valence-corrected chi connectivity index (χ3v) is 3.79. The van der Waals surface area contributed by atoms with Crippen molar-refractivity contribution >= 4 is 26.4 Å². The van der Waals surface area contributed by atoms with Crippen LogP contribution in [0.3, 0.4) is 0 Å². The minimum absolute atomic E-state index is 0.0536. The van der Waals surface area contributed by atoms with Gasteiger partial charge in [0.15, 0.2) is 9.84 Å². The monoisotopic (exact) mass is 293 g/mol. The van der Waals surface area contributed by atoms with Crippen LogP contribution in [-0.4, -0.2) is 24.6 Å². The molecular formula is C11H7N3O5S. The van der Waals surface area contributed by atoms with Crippen LogP contribution >= 0.6 is 0 Å². The number of hydrogen-bond acceptors (Lipinski definition) is 6. The molecule has 0 fully saturated rings. The Kier molecular flexibility index (Phi) is 3.03. The number of nitro benzene ring substituents is 1. The molecule has 1 N–H and O–H groups in total. The number of hydrogen-bond donors (Lipinski definition) is 1. The Morgan fingerprint density at radius 1 is 1.40 bits per heavy atom. The lowest BCUT2D eigenvalue weighted by Crippen LogP contribution is -2.10. The van der Waals surface area contributed by atoms with E-state index in [-0.39, 0.29) is 21.4 Å². The molecule has 2 rings (SSSR count). The molecular weight excluding hydrogens is 286 g/mol. The maximum atomic E-state index is 12.0. The first kappa shape index (κ1) is 13.7. The zero-order chi connectivity index (χ0) is 15.1. The van der Waals surface area contributed by atoms with E-state index in [1.54, 1.807) is 6.07 Å². The first-order valence-corrected chi connectivity index (χ1v) is 7.09. The number of sulfone groups is 1. The van der Waals surface area contributed by atoms with Crippen molar-refractivity contribution in [2.24, 2.45) is 0 Å². The third kappa shape index (κ3) is 2.12. The van der Waals surface area contributed by atoms with Crippen LogP contribution in [0, 0.1) is 21.4 Å². The molecule has 0 bridgehead atoms. The van der Waals surface area contributed by atoms with Gasteiger partial charge in [0, 0.05) is 24.6 Å². The molecule has 0 atom stereocenters. The molecule has 0 saturated carbocycles. The topological polar surface area (TPSA) is 134 Å². The summed E-state index contributed by atoms with van der Waals surface area (Å²) in [4.78, 5) is 24.1. The van der Waals surface area contributed by atoms with Crippen LogP contribution in [0.1, 0.15) is 5.56 Å². The Morgan fingerprint density at radius 2 is 2.05 bits per heavy atom. The fourth-order valence-corrected chi connectivity index (χ4v) is 2.64. The van der Waals surface area contributed by atoms with E-state index in [1.807, 2.05) is 0 Å². The van der Waals surface area contributed by atoms with Crippen LogP contribution in [-0.2, 0) is 9.84 Å². The van der Waals surface area contributed by atoms with Crippen molar-refractivity contribution in [3.05, 3.63) is 44.2 Å². The number of rotatable bonds is 2. The maximum Gasteiger partial charge on any atom is 0.271 e. The fourth-order valence-electron chi connectivity index (χ4n) is 1.76. The highest BCUT2D eigenvalue weighted by molar-refractivity contribution is 7.91. The van der Waals surface area contributed by atoms with Crippen molar-refractivity contribution in [1.82, 2.24) is 4.98 Å². The van der Waals surface area contributed by atoms with E-state index < -0.39 is 25.9 Å². The van der Waals surface area contributed by atoms with Gasteiger partial charge in [-0.15, -0.1) is 0 Å². The minimum Gasteiger partial charge on any atom is -0.359 e. The minimum atomic E-state index is -3.78. The van der Waals surface area contributed by atoms with Gasteiger partial charge in [-0.05, 0) is 0 Å². The second kappa shape index (κ2) is 4.43. The summed E-state index contributed by atoms with van der Waals surface area (Å²) in [7, 11) is -3.78. The Balaban J connectivity index is 3.09. The second-order valence-electron chi connectivity index (χ2n) is 4.04. The summed E-state index contributed by atoms with van der Waals surface area (Å²) in [5.41, 5.74) is -1.59. The molecule has 9 heteroatoms. The first-order valence-electron chi connectivity index (χ1n) is 5.19. The number of pyridine rings is 1. The number of nitrogens with one attached hydrogen (secondary N) is 1. The number of nitrogens with zero attached hydrogens (tertiary/aromatic N) is 2. The van der Waals surface area contributed by atoms with E-state index >= 15 is 0 Å². The van der Waals surface area contributed by atoms with Crippen LogP contribution in [0.25, 0.3) is 10.9 Å². The number of fused-ring (bicyclic) bond motifs is 1. The Bertz CT molecular complexity index is 937. The smallest absolute Gasteiger partial charge is 0.271 e. The maximum absolute atomic E-state index is 12.0. The molecule has 0 spiro atoms. The number of H-pyrrole nitrogens is 1. The number of aromatic nitrogens is 1. The average Bonchev–Trinajstić information content (AvgIpc) is 2.37. The molecule has 0 aliphatic rings. The molecule has 20 heavy (non-hydrogen) atoms. The van der Waals surface area contributed by atoms with Gasteiger partial charge in [0.25, 0.3) is 5.69 Å². The van der Waals surface area contributed by atoms with Crippen molar-refractivity contribution < 1.29 is 13.3 Å². The summed E-state index contributed by atoms with van der Waals surface area (Å²) in [5.74, 6) is 0. The SMILES string of the molecule is CS(=O)(=O)c1cc([N+](=O)[O-])cc2c(=O)c(C#N)c[nH]c12. The molecule has 102 valence electrons. The standard InChI is InChI=1S/C11H7N3O5S/c1-20(18,19)9-3-7(14(16)17)2-8-10(9)13-5-6(4-12)11(8)15/h2-3,5H,1H3,(H,13,15). The van der Waals surface area contributed by atoms with E-state index in [0.717, 1.165) is 24.6 Å². The molecule has 8 nitrogen and oxygen atoms in total. The van der Waals surface area contributed by atoms with Gasteiger partial charge in [0.1, 0.15) is 11.6 Å². The van der Waals surface area contributed by atoms with Crippen molar-refractivity contribution in [3.8, 4) is 6.07 Å². The van der Waals surface area contributed by atoms with E-state index in [2.05, 4.69) is 4.98 Å². The largest absolute Gasteiger partial charge is 0.359 e. The summed E-state index contributed by atoms with van der Waals surface area (Å²) in [5, 5.41) is 19.4. The van der Waals surface area contributed by atoms with Gasteiger partial charge in [-0.1, -0.05) is 0 Å². The Morgan fingerprint density at radius 3 is 2.55 bits per heavy atom. The van der Waals surface area contributed by atoms with Gasteiger partial charge in [0.2, 0.25) is 5.43 Å². The average molecular weight is 293 g/mol. The number of nitriles is 1. The lowest BCUT2D eigenvalue weighted by Gasteiger charge is -2.05. The predicted molar refractivity (Wildman–Crippen MR) is 69.0 cm³/mol. The van der Waals surface area contributed by atoms with Gasteiger partial charge < -0.3 is 4.98 Å². The zero-order valence-electron chi connectivity index (χ0n) is 10.1. The summed E-state index contributed by atoms with van der Waals surface area (Å²) >= 11 is 0.